The minimum atomic E-state index is -0.630. The Hall–Kier alpha value is -3.52. The standard InChI is InChI=1S/C23H20ClN3O5/c1-2-32-23(29)15-12-10-14(11-13-15)21-16-6-3-4-8-18(16)26(25-21)22(28)20-17(24)7-5-9-19(20)27(30)31/h5,7,9-13H,2-4,6,8H2,1H3. The number of rotatable bonds is 5. The van der Waals surface area contributed by atoms with E-state index in [1.807, 2.05) is 0 Å². The van der Waals surface area contributed by atoms with Crippen molar-refractivity contribution in [2.24, 2.45) is 0 Å². The second-order valence-corrected chi connectivity index (χ2v) is 7.79. The molecule has 0 radical (unpaired) electrons. The number of nitro benzene ring substituents is 1. The number of nitrogens with zero attached hydrogens (tertiary/aromatic N) is 3. The van der Waals surface area contributed by atoms with Gasteiger partial charge in [0.05, 0.1) is 33.5 Å². The van der Waals surface area contributed by atoms with E-state index in [4.69, 9.17) is 16.3 Å². The molecular weight excluding hydrogens is 434 g/mol. The van der Waals surface area contributed by atoms with E-state index in [1.54, 1.807) is 31.2 Å². The Labute approximate surface area is 188 Å². The molecule has 9 heteroatoms. The van der Waals surface area contributed by atoms with Crippen LogP contribution in [-0.4, -0.2) is 33.2 Å². The predicted octanol–water partition coefficient (Wildman–Crippen LogP) is 4.86. The highest BCUT2D eigenvalue weighted by Gasteiger charge is 2.30. The summed E-state index contributed by atoms with van der Waals surface area (Å²) in [7, 11) is 0. The van der Waals surface area contributed by atoms with E-state index < -0.39 is 16.8 Å². The molecule has 3 aromatic rings. The summed E-state index contributed by atoms with van der Waals surface area (Å²) >= 11 is 6.19. The second-order valence-electron chi connectivity index (χ2n) is 7.39. The summed E-state index contributed by atoms with van der Waals surface area (Å²) in [5.41, 5.74) is 2.92. The number of fused-ring (bicyclic) bond motifs is 1. The van der Waals surface area contributed by atoms with Crippen LogP contribution in [0, 0.1) is 10.1 Å². The lowest BCUT2D eigenvalue weighted by molar-refractivity contribution is -0.385. The van der Waals surface area contributed by atoms with Gasteiger partial charge < -0.3 is 4.74 Å². The average Bonchev–Trinajstić information content (AvgIpc) is 3.18. The first-order valence-electron chi connectivity index (χ1n) is 10.3. The molecule has 4 rings (SSSR count). The number of hydrogen-bond acceptors (Lipinski definition) is 6. The number of hydrogen-bond donors (Lipinski definition) is 0. The number of benzene rings is 2. The van der Waals surface area contributed by atoms with Gasteiger partial charge in [-0.05, 0) is 50.8 Å². The molecule has 0 fully saturated rings. The fraction of sp³-hybridized carbons (Fsp3) is 0.261. The topological polar surface area (TPSA) is 104 Å². The van der Waals surface area contributed by atoms with Crippen LogP contribution < -0.4 is 0 Å². The van der Waals surface area contributed by atoms with Crippen molar-refractivity contribution in [3.8, 4) is 11.3 Å². The Morgan fingerprint density at radius 1 is 1.16 bits per heavy atom. The van der Waals surface area contributed by atoms with E-state index in [2.05, 4.69) is 5.10 Å². The molecule has 0 unspecified atom stereocenters. The van der Waals surface area contributed by atoms with Crippen molar-refractivity contribution >= 4 is 29.2 Å². The molecule has 0 atom stereocenters. The summed E-state index contributed by atoms with van der Waals surface area (Å²) in [5.74, 6) is -1.04. The molecule has 1 aromatic heterocycles. The molecule has 8 nitrogen and oxygen atoms in total. The Bertz CT molecular complexity index is 1220. The van der Waals surface area contributed by atoms with Gasteiger partial charge in [0.2, 0.25) is 0 Å². The van der Waals surface area contributed by atoms with Crippen molar-refractivity contribution in [3.05, 3.63) is 80.0 Å². The molecule has 1 aliphatic rings. The van der Waals surface area contributed by atoms with Gasteiger partial charge in [0, 0.05) is 17.2 Å². The zero-order valence-corrected chi connectivity index (χ0v) is 18.1. The highest BCUT2D eigenvalue weighted by atomic mass is 35.5. The van der Waals surface area contributed by atoms with Crippen molar-refractivity contribution in [1.29, 1.82) is 0 Å². The average molecular weight is 454 g/mol. The van der Waals surface area contributed by atoms with Gasteiger partial charge in [-0.1, -0.05) is 29.8 Å². The maximum atomic E-state index is 13.4. The highest BCUT2D eigenvalue weighted by Crippen LogP contribution is 2.34. The van der Waals surface area contributed by atoms with Crippen LogP contribution in [-0.2, 0) is 17.6 Å². The lowest BCUT2D eigenvalue weighted by Crippen LogP contribution is -2.20. The van der Waals surface area contributed by atoms with Gasteiger partial charge in [-0.3, -0.25) is 14.9 Å². The number of esters is 1. The Morgan fingerprint density at radius 2 is 1.88 bits per heavy atom. The molecule has 0 spiro atoms. The van der Waals surface area contributed by atoms with Crippen LogP contribution in [0.1, 0.15) is 51.7 Å². The smallest absolute Gasteiger partial charge is 0.338 e. The van der Waals surface area contributed by atoms with Gasteiger partial charge >= 0.3 is 5.97 Å². The molecule has 1 aliphatic carbocycles. The van der Waals surface area contributed by atoms with Crippen LogP contribution in [0.5, 0.6) is 0 Å². The largest absolute Gasteiger partial charge is 0.462 e. The number of aromatic nitrogens is 2. The zero-order chi connectivity index (χ0) is 22.8. The number of carbonyl (C=O) groups excluding carboxylic acids is 2. The van der Waals surface area contributed by atoms with Gasteiger partial charge in [0.15, 0.2) is 0 Å². The summed E-state index contributed by atoms with van der Waals surface area (Å²) in [6.45, 7) is 2.03. The third-order valence-electron chi connectivity index (χ3n) is 5.44. The summed E-state index contributed by atoms with van der Waals surface area (Å²) in [4.78, 5) is 36.2. The monoisotopic (exact) mass is 453 g/mol. The lowest BCUT2D eigenvalue weighted by Gasteiger charge is -2.14. The van der Waals surface area contributed by atoms with Crippen LogP contribution in [0.2, 0.25) is 5.02 Å². The first-order valence-corrected chi connectivity index (χ1v) is 10.7. The SMILES string of the molecule is CCOC(=O)c1ccc(-c2nn(C(=O)c3c(Cl)cccc3[N+](=O)[O-])c3c2CCCC3)cc1. The van der Waals surface area contributed by atoms with Crippen molar-refractivity contribution in [3.63, 3.8) is 0 Å². The van der Waals surface area contributed by atoms with Crippen LogP contribution in [0.25, 0.3) is 11.3 Å². The molecule has 164 valence electrons. The first kappa shape index (κ1) is 21.7. The van der Waals surface area contributed by atoms with Gasteiger partial charge in [-0.2, -0.15) is 9.78 Å². The molecule has 0 saturated carbocycles. The Morgan fingerprint density at radius 3 is 2.56 bits per heavy atom. The van der Waals surface area contributed by atoms with Gasteiger partial charge in [-0.25, -0.2) is 4.79 Å². The fourth-order valence-electron chi connectivity index (χ4n) is 3.96. The van der Waals surface area contributed by atoms with Crippen LogP contribution >= 0.6 is 11.6 Å². The van der Waals surface area contributed by atoms with E-state index >= 15 is 0 Å². The zero-order valence-electron chi connectivity index (χ0n) is 17.3. The summed E-state index contributed by atoms with van der Waals surface area (Å²) in [5, 5.41) is 16.1. The van der Waals surface area contributed by atoms with E-state index in [0.29, 0.717) is 17.7 Å². The Balaban J connectivity index is 1.80. The predicted molar refractivity (Wildman–Crippen MR) is 118 cm³/mol. The Kier molecular flexibility index (Phi) is 6.05. The minimum absolute atomic E-state index is 0.00426. The van der Waals surface area contributed by atoms with Crippen molar-refractivity contribution in [2.45, 2.75) is 32.6 Å². The van der Waals surface area contributed by atoms with Crippen molar-refractivity contribution in [1.82, 2.24) is 9.78 Å². The molecule has 0 amide bonds. The third-order valence-corrected chi connectivity index (χ3v) is 5.76. The van der Waals surface area contributed by atoms with E-state index in [0.717, 1.165) is 36.1 Å². The summed E-state index contributed by atoms with van der Waals surface area (Å²) in [6, 6.07) is 11.0. The van der Waals surface area contributed by atoms with E-state index in [9.17, 15) is 19.7 Å². The van der Waals surface area contributed by atoms with Gasteiger partial charge in [-0.15, -0.1) is 0 Å². The second kappa shape index (κ2) is 8.92. The number of nitro groups is 1. The normalized spacial score (nSPS) is 12.8. The van der Waals surface area contributed by atoms with E-state index in [-0.39, 0.29) is 22.9 Å². The maximum Gasteiger partial charge on any atom is 0.338 e. The molecule has 2 aromatic carbocycles. The number of halogens is 1. The van der Waals surface area contributed by atoms with Crippen LogP contribution in [0.3, 0.4) is 0 Å². The van der Waals surface area contributed by atoms with Gasteiger partial charge in [0.25, 0.3) is 11.6 Å². The summed E-state index contributed by atoms with van der Waals surface area (Å²) < 4.78 is 6.27. The maximum absolute atomic E-state index is 13.4. The van der Waals surface area contributed by atoms with E-state index in [1.165, 1.54) is 22.9 Å². The van der Waals surface area contributed by atoms with Crippen LogP contribution in [0.4, 0.5) is 5.69 Å². The fourth-order valence-corrected chi connectivity index (χ4v) is 4.21. The lowest BCUT2D eigenvalue weighted by atomic mass is 9.93. The first-order chi connectivity index (χ1) is 15.4. The van der Waals surface area contributed by atoms with Crippen molar-refractivity contribution < 1.29 is 19.2 Å². The van der Waals surface area contributed by atoms with Crippen LogP contribution in [0.15, 0.2) is 42.5 Å². The quantitative estimate of drug-likeness (QED) is 0.310. The van der Waals surface area contributed by atoms with Crippen molar-refractivity contribution in [2.75, 3.05) is 6.61 Å². The molecule has 0 aliphatic heterocycles. The number of carbonyl (C=O) groups is 2. The minimum Gasteiger partial charge on any atom is -0.462 e. The molecule has 0 N–H and O–H groups in total. The molecule has 32 heavy (non-hydrogen) atoms. The molecule has 1 heterocycles. The summed E-state index contributed by atoms with van der Waals surface area (Å²) in [6.07, 6.45) is 3.21. The molecule has 0 saturated heterocycles. The highest BCUT2D eigenvalue weighted by molar-refractivity contribution is 6.34. The molecule has 0 bridgehead atoms. The third kappa shape index (κ3) is 3.89. The van der Waals surface area contributed by atoms with Gasteiger partial charge in [0.1, 0.15) is 5.56 Å². The molecular formula is C23H20ClN3O5. The number of ether oxygens (including phenoxy) is 1.